The van der Waals surface area contributed by atoms with E-state index >= 15 is 0 Å². The van der Waals surface area contributed by atoms with Gasteiger partial charge >= 0.3 is 0 Å². The molecule has 0 saturated carbocycles. The smallest absolute Gasteiger partial charge is 0.257 e. The monoisotopic (exact) mass is 745 g/mol. The van der Waals surface area contributed by atoms with E-state index in [2.05, 4.69) is 32.5 Å². The van der Waals surface area contributed by atoms with Gasteiger partial charge in [-0.05, 0) is 69.4 Å². The van der Waals surface area contributed by atoms with Crippen molar-refractivity contribution in [1.82, 2.24) is 0 Å². The van der Waals surface area contributed by atoms with Crippen LogP contribution in [0.25, 0.3) is 21.5 Å². The average Bonchev–Trinajstić information content (AvgIpc) is 3.66. The van der Waals surface area contributed by atoms with Crippen LogP contribution in [0.3, 0.4) is 0 Å². The molecule has 53 heavy (non-hydrogen) atoms. The molecule has 2 unspecified atom stereocenters. The first-order chi connectivity index (χ1) is 25.8. The number of fused-ring (bicyclic) bond motifs is 4. The van der Waals surface area contributed by atoms with E-state index in [9.17, 15) is 18.2 Å². The highest BCUT2D eigenvalue weighted by atomic mass is 32.2. The lowest BCUT2D eigenvalue weighted by molar-refractivity contribution is -0.876. The summed E-state index contributed by atoms with van der Waals surface area (Å²) in [6.07, 6.45) is 4.09. The topological polar surface area (TPSA) is 125 Å². The molecule has 1 N–H and O–H groups in total. The number of benzene rings is 6. The van der Waals surface area contributed by atoms with E-state index in [1.807, 2.05) is 97.9 Å². The molecule has 12 heteroatoms. The molecular weight excluding hydrogens is 713 g/mol. The summed E-state index contributed by atoms with van der Waals surface area (Å²) in [6, 6.07) is 38.2. The summed E-state index contributed by atoms with van der Waals surface area (Å²) in [6.45, 7) is 2.64. The Morgan fingerprint density at radius 1 is 0.849 bits per heavy atom. The molecule has 0 bridgehead atoms. The second kappa shape index (κ2) is 14.7. The Labute approximate surface area is 310 Å². The summed E-state index contributed by atoms with van der Waals surface area (Å²) in [5.74, 6) is 1.98. The van der Waals surface area contributed by atoms with Crippen LogP contribution in [0, 0.1) is 0 Å². The Kier molecular flexibility index (Phi) is 9.66. The van der Waals surface area contributed by atoms with Crippen LogP contribution in [-0.4, -0.2) is 19.2 Å². The lowest BCUT2D eigenvalue weighted by Crippen LogP contribution is -3.09. The zero-order valence-electron chi connectivity index (χ0n) is 28.4. The van der Waals surface area contributed by atoms with Gasteiger partial charge in [0.25, 0.3) is 6.23 Å². The number of rotatable bonds is 11. The largest absolute Gasteiger partial charge is 0.744 e. The molecule has 0 aliphatic carbocycles. The van der Waals surface area contributed by atoms with E-state index in [1.54, 1.807) is 18.2 Å². The van der Waals surface area contributed by atoms with Gasteiger partial charge in [0, 0.05) is 28.7 Å². The van der Waals surface area contributed by atoms with Gasteiger partial charge in [-0.15, -0.1) is 0 Å². The molecule has 2 aliphatic heterocycles. The van der Waals surface area contributed by atoms with Gasteiger partial charge in [0.15, 0.2) is 17.2 Å². The minimum atomic E-state index is -4.71. The second-order valence-corrected chi connectivity index (χ2v) is 14.8. The van der Waals surface area contributed by atoms with Crippen molar-refractivity contribution in [3.63, 3.8) is 0 Å². The first kappa shape index (κ1) is 34.9. The van der Waals surface area contributed by atoms with Crippen molar-refractivity contribution in [1.29, 1.82) is 0 Å². The maximum Gasteiger partial charge on any atom is 0.257 e. The van der Waals surface area contributed by atoms with E-state index in [0.717, 1.165) is 61.0 Å². The van der Waals surface area contributed by atoms with E-state index in [4.69, 9.17) is 9.47 Å². The van der Waals surface area contributed by atoms with Gasteiger partial charge in [0.1, 0.15) is 16.7 Å². The summed E-state index contributed by atoms with van der Waals surface area (Å²) in [7, 11) is -4.71. The quantitative estimate of drug-likeness (QED) is 0.0653. The summed E-state index contributed by atoms with van der Waals surface area (Å²) in [5.41, 5.74) is 3.95. The molecule has 6 aromatic carbocycles. The highest BCUT2D eigenvalue weighted by Crippen LogP contribution is 2.44. The van der Waals surface area contributed by atoms with Crippen LogP contribution in [0.1, 0.15) is 24.5 Å². The van der Waals surface area contributed by atoms with E-state index in [-0.39, 0.29) is 11.4 Å². The minimum absolute atomic E-state index is 0.196. The number of allylic oxidation sites excluding steroid dienone is 2. The van der Waals surface area contributed by atoms with Crippen LogP contribution >= 0.6 is 12.0 Å². The van der Waals surface area contributed by atoms with Gasteiger partial charge in [-0.1, -0.05) is 91.9 Å². The molecule has 2 aliphatic rings. The highest BCUT2D eigenvalue weighted by molar-refractivity contribution is 7.94. The molecule has 0 spiro atoms. The normalized spacial score (nSPS) is 17.6. The number of nitrogens with zero attached hydrogens (tertiary/aromatic N) is 1. The SMILES string of the molecule is CCC(=CC1Oc2cc3ccccc3cc2[NH+]1Cc1ccccc1S(=O)(=O)[O-])C=C1Oc2cc3ccccc3cc2N1Cc1ccccc1SOO[O-]. The minimum Gasteiger partial charge on any atom is -0.744 e. The second-order valence-electron chi connectivity index (χ2n) is 12.8. The predicted molar refractivity (Wildman–Crippen MR) is 199 cm³/mol. The molecule has 2 atom stereocenters. The van der Waals surface area contributed by atoms with Crippen molar-refractivity contribution in [3.8, 4) is 11.5 Å². The molecule has 10 nitrogen and oxygen atoms in total. The Morgan fingerprint density at radius 2 is 1.47 bits per heavy atom. The van der Waals surface area contributed by atoms with Crippen molar-refractivity contribution in [2.45, 2.75) is 42.5 Å². The third-order valence-corrected chi connectivity index (χ3v) is 11.2. The zero-order valence-corrected chi connectivity index (χ0v) is 30.1. The van der Waals surface area contributed by atoms with Crippen LogP contribution in [0.2, 0.25) is 0 Å². The molecule has 0 saturated heterocycles. The van der Waals surface area contributed by atoms with Crippen molar-refractivity contribution in [2.75, 3.05) is 4.90 Å². The molecular formula is C41H33N2O8S2-. The molecule has 0 amide bonds. The first-order valence-electron chi connectivity index (χ1n) is 17.0. The van der Waals surface area contributed by atoms with Crippen molar-refractivity contribution in [2.24, 2.45) is 0 Å². The molecule has 0 fully saturated rings. The molecule has 268 valence electrons. The Bertz CT molecular complexity index is 2520. The zero-order chi connectivity index (χ0) is 36.5. The fraction of sp³-hybridized carbons (Fsp3) is 0.122. The number of hydrogen-bond acceptors (Lipinski definition) is 10. The first-order valence-corrected chi connectivity index (χ1v) is 19.1. The Balaban J connectivity index is 1.20. The van der Waals surface area contributed by atoms with Gasteiger partial charge in [-0.2, -0.15) is 4.33 Å². The maximum atomic E-state index is 12.3. The van der Waals surface area contributed by atoms with Gasteiger partial charge < -0.3 is 24.2 Å². The highest BCUT2D eigenvalue weighted by Gasteiger charge is 2.37. The maximum absolute atomic E-state index is 12.3. The van der Waals surface area contributed by atoms with E-state index in [1.165, 1.54) is 6.07 Å². The number of hydrogen-bond donors (Lipinski definition) is 1. The molecule has 0 radical (unpaired) electrons. The van der Waals surface area contributed by atoms with Crippen molar-refractivity contribution in [3.05, 3.63) is 156 Å². The van der Waals surface area contributed by atoms with Gasteiger partial charge in [0.2, 0.25) is 5.88 Å². The molecule has 0 aromatic heterocycles. The van der Waals surface area contributed by atoms with Gasteiger partial charge in [-0.25, -0.2) is 8.42 Å². The lowest BCUT2D eigenvalue weighted by Gasteiger charge is -2.22. The van der Waals surface area contributed by atoms with Crippen molar-refractivity contribution < 1.29 is 42.0 Å². The summed E-state index contributed by atoms with van der Waals surface area (Å²) >= 11 is 0.844. The third-order valence-electron chi connectivity index (χ3n) is 9.55. The molecule has 2 heterocycles. The summed E-state index contributed by atoms with van der Waals surface area (Å²) in [4.78, 5) is 3.40. The Morgan fingerprint density at radius 3 is 2.17 bits per heavy atom. The van der Waals surface area contributed by atoms with Gasteiger partial charge in [-0.3, -0.25) is 9.94 Å². The summed E-state index contributed by atoms with van der Waals surface area (Å²) < 4.78 is 54.8. The van der Waals surface area contributed by atoms with E-state index < -0.39 is 16.3 Å². The van der Waals surface area contributed by atoms with E-state index in [0.29, 0.717) is 40.8 Å². The van der Waals surface area contributed by atoms with Crippen LogP contribution in [0.4, 0.5) is 11.4 Å². The number of ether oxygens (including phenoxy) is 2. The molecule has 8 rings (SSSR count). The van der Waals surface area contributed by atoms with Crippen LogP contribution in [0.5, 0.6) is 11.5 Å². The van der Waals surface area contributed by atoms with Crippen molar-refractivity contribution >= 4 is 55.1 Å². The number of anilines is 1. The predicted octanol–water partition coefficient (Wildman–Crippen LogP) is 6.84. The number of nitrogens with one attached hydrogen (secondary N) is 1. The fourth-order valence-corrected chi connectivity index (χ4v) is 8.15. The average molecular weight is 746 g/mol. The molecule has 6 aromatic rings. The van der Waals surface area contributed by atoms with Gasteiger partial charge in [0.05, 0.1) is 29.2 Å². The third kappa shape index (κ3) is 7.13. The standard InChI is InChI=1S/C41H34N2O8S2/c1-2-27(19-40-42(25-32-15-7-9-17-38(32)52-51-50-44)34-21-28-11-3-5-13-30(28)23-36(34)48-40)20-41-43(26-33-16-8-10-18-39(33)53(45,46)47)35-22-29-12-4-6-14-31(29)24-37(35)49-41/h3-24,41,44H,2,25-26H2,1H3,(H,45,46,47)/p-1. The van der Waals surface area contributed by atoms with Crippen LogP contribution in [0.15, 0.2) is 155 Å². The van der Waals surface area contributed by atoms with Crippen LogP contribution in [-0.2, 0) is 32.6 Å². The number of quaternary nitrogens is 1. The fourth-order valence-electron chi connectivity index (χ4n) is 6.97. The lowest BCUT2D eigenvalue weighted by atomic mass is 10.1. The summed E-state index contributed by atoms with van der Waals surface area (Å²) in [5, 5.41) is 18.4. The Hall–Kier alpha value is -5.18. The van der Waals surface area contributed by atoms with Crippen LogP contribution < -0.4 is 24.5 Å².